The predicted molar refractivity (Wildman–Crippen MR) is 112 cm³/mol. The topological polar surface area (TPSA) is 102 Å². The number of carbonyl (C=O) groups excluding carboxylic acids is 4. The summed E-state index contributed by atoms with van der Waals surface area (Å²) in [5, 5.41) is 2.16. The monoisotopic (exact) mass is 472 g/mol. The van der Waals surface area contributed by atoms with Gasteiger partial charge in [0.2, 0.25) is 0 Å². The van der Waals surface area contributed by atoms with Crippen LogP contribution in [-0.2, 0) is 19.1 Å². The highest BCUT2D eigenvalue weighted by molar-refractivity contribution is 9.10. The molecular formula is C21H17BrN2O6. The number of hydrogen-bond donors (Lipinski definition) is 1. The number of barbiturate groups is 1. The molecule has 0 radical (unpaired) electrons. The summed E-state index contributed by atoms with van der Waals surface area (Å²) in [4.78, 5) is 50.0. The summed E-state index contributed by atoms with van der Waals surface area (Å²) < 4.78 is 11.0. The van der Waals surface area contributed by atoms with E-state index in [1.807, 2.05) is 0 Å². The fourth-order valence-electron chi connectivity index (χ4n) is 2.73. The first-order valence-corrected chi connectivity index (χ1v) is 9.74. The number of nitrogens with one attached hydrogen (secondary N) is 1. The van der Waals surface area contributed by atoms with Crippen molar-refractivity contribution in [2.24, 2.45) is 0 Å². The number of rotatable bonds is 6. The number of benzene rings is 2. The molecule has 154 valence electrons. The largest absolute Gasteiger partial charge is 0.481 e. The molecule has 0 unspecified atom stereocenters. The van der Waals surface area contributed by atoms with Gasteiger partial charge in [-0.1, -0.05) is 40.2 Å². The maximum Gasteiger partial charge on any atom is 0.344 e. The summed E-state index contributed by atoms with van der Waals surface area (Å²) in [6.45, 7) is 1.58. The predicted octanol–water partition coefficient (Wildman–Crippen LogP) is 3.06. The number of halogens is 1. The average Bonchev–Trinajstić information content (AvgIpc) is 2.70. The van der Waals surface area contributed by atoms with E-state index in [0.717, 1.165) is 4.90 Å². The van der Waals surface area contributed by atoms with Gasteiger partial charge in [-0.2, -0.15) is 0 Å². The molecular weight excluding hydrogens is 456 g/mol. The van der Waals surface area contributed by atoms with Crippen molar-refractivity contribution in [3.8, 4) is 5.75 Å². The Balaban J connectivity index is 1.92. The number of urea groups is 1. The minimum Gasteiger partial charge on any atom is -0.481 e. The van der Waals surface area contributed by atoms with Crippen LogP contribution in [0.3, 0.4) is 0 Å². The molecule has 1 aliphatic rings. The summed E-state index contributed by atoms with van der Waals surface area (Å²) in [6.07, 6.45) is 1.32. The highest BCUT2D eigenvalue weighted by Gasteiger charge is 2.37. The third-order valence-electron chi connectivity index (χ3n) is 4.04. The molecule has 0 saturated carbocycles. The summed E-state index contributed by atoms with van der Waals surface area (Å²) >= 11 is 3.29. The Morgan fingerprint density at radius 2 is 1.90 bits per heavy atom. The van der Waals surface area contributed by atoms with Gasteiger partial charge in [0.05, 0.1) is 12.3 Å². The number of anilines is 1. The lowest BCUT2D eigenvalue weighted by molar-refractivity contribution is -0.145. The van der Waals surface area contributed by atoms with E-state index < -0.39 is 23.8 Å². The third-order valence-corrected chi connectivity index (χ3v) is 4.53. The minimum atomic E-state index is -0.841. The van der Waals surface area contributed by atoms with Gasteiger partial charge in [0, 0.05) is 10.0 Å². The quantitative estimate of drug-likeness (QED) is 0.393. The van der Waals surface area contributed by atoms with Crippen LogP contribution in [-0.4, -0.2) is 37.0 Å². The number of ether oxygens (including phenoxy) is 2. The molecule has 2 aromatic carbocycles. The van der Waals surface area contributed by atoms with Crippen molar-refractivity contribution >= 4 is 51.5 Å². The van der Waals surface area contributed by atoms with E-state index in [1.54, 1.807) is 55.5 Å². The summed E-state index contributed by atoms with van der Waals surface area (Å²) in [5.41, 5.74) is 0.447. The van der Waals surface area contributed by atoms with Crippen molar-refractivity contribution in [2.75, 3.05) is 18.1 Å². The number of esters is 1. The molecule has 4 amide bonds. The van der Waals surface area contributed by atoms with Crippen LogP contribution in [0, 0.1) is 0 Å². The van der Waals surface area contributed by atoms with Crippen molar-refractivity contribution in [1.29, 1.82) is 0 Å². The van der Waals surface area contributed by atoms with Crippen LogP contribution in [0.25, 0.3) is 6.08 Å². The molecule has 30 heavy (non-hydrogen) atoms. The standard InChI is InChI=1S/C21H17BrN2O6/c1-2-29-18(25)12-30-17-9-4-3-6-13(17)10-16-19(26)23-21(28)24(20(16)27)15-8-5-7-14(22)11-15/h3-11H,2,12H2,1H3,(H,23,26,28)/b16-10+. The fourth-order valence-corrected chi connectivity index (χ4v) is 3.12. The van der Waals surface area contributed by atoms with Gasteiger partial charge < -0.3 is 9.47 Å². The van der Waals surface area contributed by atoms with E-state index in [9.17, 15) is 19.2 Å². The van der Waals surface area contributed by atoms with Gasteiger partial charge in [0.1, 0.15) is 11.3 Å². The van der Waals surface area contributed by atoms with E-state index in [0.29, 0.717) is 15.7 Å². The smallest absolute Gasteiger partial charge is 0.344 e. The third kappa shape index (κ3) is 4.74. The maximum atomic E-state index is 13.0. The van der Waals surface area contributed by atoms with Gasteiger partial charge in [0.25, 0.3) is 11.8 Å². The normalized spacial score (nSPS) is 15.2. The van der Waals surface area contributed by atoms with Gasteiger partial charge >= 0.3 is 12.0 Å². The lowest BCUT2D eigenvalue weighted by atomic mass is 10.1. The number of amides is 4. The van der Waals surface area contributed by atoms with Crippen LogP contribution in [0.15, 0.2) is 58.6 Å². The molecule has 0 aromatic heterocycles. The molecule has 3 rings (SSSR count). The Bertz CT molecular complexity index is 1050. The minimum absolute atomic E-state index is 0.224. The Labute approximate surface area is 180 Å². The zero-order valence-corrected chi connectivity index (χ0v) is 17.5. The van der Waals surface area contributed by atoms with Crippen LogP contribution < -0.4 is 15.0 Å². The molecule has 1 aliphatic heterocycles. The molecule has 1 heterocycles. The molecule has 1 saturated heterocycles. The first-order chi connectivity index (χ1) is 14.4. The van der Waals surface area contributed by atoms with E-state index in [1.165, 1.54) is 6.08 Å². The molecule has 8 nitrogen and oxygen atoms in total. The van der Waals surface area contributed by atoms with Crippen LogP contribution in [0.5, 0.6) is 5.75 Å². The molecule has 1 N–H and O–H groups in total. The molecule has 0 spiro atoms. The average molecular weight is 473 g/mol. The van der Waals surface area contributed by atoms with Crippen LogP contribution in [0.4, 0.5) is 10.5 Å². The first kappa shape index (κ1) is 21.3. The van der Waals surface area contributed by atoms with Crippen molar-refractivity contribution in [2.45, 2.75) is 6.92 Å². The van der Waals surface area contributed by atoms with Gasteiger partial charge in [-0.15, -0.1) is 0 Å². The van der Waals surface area contributed by atoms with E-state index >= 15 is 0 Å². The zero-order chi connectivity index (χ0) is 21.7. The van der Waals surface area contributed by atoms with Crippen molar-refractivity contribution in [3.63, 3.8) is 0 Å². The Morgan fingerprint density at radius 3 is 2.63 bits per heavy atom. The Morgan fingerprint density at radius 1 is 1.13 bits per heavy atom. The Kier molecular flexibility index (Phi) is 6.63. The number of para-hydroxylation sites is 1. The van der Waals surface area contributed by atoms with Gasteiger partial charge in [-0.25, -0.2) is 14.5 Å². The van der Waals surface area contributed by atoms with E-state index in [2.05, 4.69) is 21.2 Å². The highest BCUT2D eigenvalue weighted by Crippen LogP contribution is 2.27. The summed E-state index contributed by atoms with van der Waals surface area (Å²) in [7, 11) is 0. The molecule has 9 heteroatoms. The SMILES string of the molecule is CCOC(=O)COc1ccccc1/C=C1\C(=O)NC(=O)N(c2cccc(Br)c2)C1=O. The fraction of sp³-hybridized carbons (Fsp3) is 0.143. The summed E-state index contributed by atoms with van der Waals surface area (Å²) in [6, 6.07) is 12.3. The van der Waals surface area contributed by atoms with Gasteiger partial charge in [-0.3, -0.25) is 14.9 Å². The second kappa shape index (κ2) is 9.36. The lowest BCUT2D eigenvalue weighted by Gasteiger charge is -2.26. The first-order valence-electron chi connectivity index (χ1n) is 8.95. The molecule has 0 atom stereocenters. The van der Waals surface area contributed by atoms with Crippen LogP contribution in [0.2, 0.25) is 0 Å². The van der Waals surface area contributed by atoms with Gasteiger partial charge in [0.15, 0.2) is 6.61 Å². The summed E-state index contributed by atoms with van der Waals surface area (Å²) in [5.74, 6) is -1.86. The second-order valence-corrected chi connectivity index (χ2v) is 6.98. The van der Waals surface area contributed by atoms with E-state index in [-0.39, 0.29) is 24.5 Å². The number of hydrogen-bond acceptors (Lipinski definition) is 6. The zero-order valence-electron chi connectivity index (χ0n) is 15.9. The highest BCUT2D eigenvalue weighted by atomic mass is 79.9. The van der Waals surface area contributed by atoms with Crippen LogP contribution >= 0.6 is 15.9 Å². The number of carbonyl (C=O) groups is 4. The number of nitrogens with zero attached hydrogens (tertiary/aromatic N) is 1. The van der Waals surface area contributed by atoms with Crippen LogP contribution in [0.1, 0.15) is 12.5 Å². The van der Waals surface area contributed by atoms with Crippen molar-refractivity contribution in [1.82, 2.24) is 5.32 Å². The Hall–Kier alpha value is -3.46. The molecule has 2 aromatic rings. The maximum absolute atomic E-state index is 13.0. The number of imide groups is 2. The van der Waals surface area contributed by atoms with Gasteiger partial charge in [-0.05, 0) is 37.3 Å². The van der Waals surface area contributed by atoms with Crippen molar-refractivity contribution < 1.29 is 28.7 Å². The molecule has 0 bridgehead atoms. The lowest BCUT2D eigenvalue weighted by Crippen LogP contribution is -2.54. The second-order valence-electron chi connectivity index (χ2n) is 6.07. The van der Waals surface area contributed by atoms with Crippen molar-refractivity contribution in [3.05, 3.63) is 64.1 Å². The van der Waals surface area contributed by atoms with E-state index in [4.69, 9.17) is 9.47 Å². The molecule has 1 fully saturated rings. The molecule has 0 aliphatic carbocycles.